The molecule has 16 heavy (non-hydrogen) atoms. The van der Waals surface area contributed by atoms with Gasteiger partial charge in [0.2, 0.25) is 0 Å². The molecule has 0 radical (unpaired) electrons. The third-order valence-corrected chi connectivity index (χ3v) is 3.33. The second-order valence-corrected chi connectivity index (χ2v) is 5.10. The largest absolute Gasteiger partial charge is 0.440 e. The van der Waals surface area contributed by atoms with Crippen LogP contribution in [0.1, 0.15) is 38.8 Å². The molecule has 0 spiro atoms. The fraction of sp³-hybridized carbons (Fsp3) is 0.750. The van der Waals surface area contributed by atoms with Crippen LogP contribution in [0.25, 0.3) is 0 Å². The Hall–Kier alpha value is -0.480. The predicted molar refractivity (Wildman–Crippen MR) is 69.0 cm³/mol. The minimum absolute atomic E-state index is 0.638. The summed E-state index contributed by atoms with van der Waals surface area (Å²) < 4.78 is 5.27. The molecule has 92 valence electrons. The first-order chi connectivity index (χ1) is 7.72. The number of nitrogens with one attached hydrogen (secondary N) is 1. The van der Waals surface area contributed by atoms with Crippen LogP contribution in [0.3, 0.4) is 0 Å². The minimum Gasteiger partial charge on any atom is -0.440 e. The van der Waals surface area contributed by atoms with Crippen molar-refractivity contribution in [1.82, 2.24) is 10.3 Å². The van der Waals surface area contributed by atoms with E-state index in [0.29, 0.717) is 6.04 Å². The minimum atomic E-state index is 0.638. The van der Waals surface area contributed by atoms with Crippen LogP contribution >= 0.6 is 11.8 Å². The fourth-order valence-corrected chi connectivity index (χ4v) is 2.41. The highest BCUT2D eigenvalue weighted by molar-refractivity contribution is 7.99. The maximum Gasteiger partial charge on any atom is 0.255 e. The Morgan fingerprint density at radius 2 is 2.31 bits per heavy atom. The van der Waals surface area contributed by atoms with E-state index in [1.807, 2.05) is 6.92 Å². The van der Waals surface area contributed by atoms with E-state index in [4.69, 9.17) is 4.42 Å². The normalized spacial score (nSPS) is 12.9. The summed E-state index contributed by atoms with van der Waals surface area (Å²) in [5.74, 6) is 1.10. The highest BCUT2D eigenvalue weighted by Crippen LogP contribution is 2.18. The standard InChI is InChI=1S/C12H22N2OS/c1-4-13-10(2)7-5-6-8-16-12-14-11(3)9-15-12/h9-10,13H,4-8H2,1-3H3. The van der Waals surface area contributed by atoms with Crippen molar-refractivity contribution in [2.45, 2.75) is 51.3 Å². The van der Waals surface area contributed by atoms with E-state index in [0.717, 1.165) is 23.2 Å². The summed E-state index contributed by atoms with van der Waals surface area (Å²) in [5, 5.41) is 4.22. The molecule has 1 rings (SSSR count). The summed E-state index contributed by atoms with van der Waals surface area (Å²) in [5.41, 5.74) is 0.961. The van der Waals surface area contributed by atoms with Gasteiger partial charge in [-0.05, 0) is 33.2 Å². The van der Waals surface area contributed by atoms with Crippen molar-refractivity contribution in [3.8, 4) is 0 Å². The Labute approximate surface area is 102 Å². The number of aromatic nitrogens is 1. The molecule has 3 nitrogen and oxygen atoms in total. The third kappa shape index (κ3) is 5.56. The van der Waals surface area contributed by atoms with Gasteiger partial charge in [0.05, 0.1) is 5.69 Å². The van der Waals surface area contributed by atoms with E-state index in [2.05, 4.69) is 24.1 Å². The maximum atomic E-state index is 5.27. The van der Waals surface area contributed by atoms with Gasteiger partial charge in [-0.2, -0.15) is 0 Å². The molecule has 0 aliphatic rings. The highest BCUT2D eigenvalue weighted by atomic mass is 32.2. The van der Waals surface area contributed by atoms with Crippen LogP contribution in [-0.2, 0) is 0 Å². The van der Waals surface area contributed by atoms with Crippen molar-refractivity contribution in [2.75, 3.05) is 12.3 Å². The van der Waals surface area contributed by atoms with E-state index >= 15 is 0 Å². The van der Waals surface area contributed by atoms with E-state index < -0.39 is 0 Å². The lowest BCUT2D eigenvalue weighted by molar-refractivity contribution is 0.453. The number of thioether (sulfide) groups is 1. The first kappa shape index (κ1) is 13.6. The average molecular weight is 242 g/mol. The van der Waals surface area contributed by atoms with Gasteiger partial charge < -0.3 is 9.73 Å². The zero-order valence-corrected chi connectivity index (χ0v) is 11.3. The zero-order chi connectivity index (χ0) is 11.8. The zero-order valence-electron chi connectivity index (χ0n) is 10.5. The molecule has 1 unspecified atom stereocenters. The molecule has 0 saturated heterocycles. The van der Waals surface area contributed by atoms with Gasteiger partial charge in [0.15, 0.2) is 0 Å². The Bertz CT molecular complexity index is 288. The van der Waals surface area contributed by atoms with Crippen LogP contribution in [0.4, 0.5) is 0 Å². The van der Waals surface area contributed by atoms with Crippen molar-refractivity contribution < 1.29 is 4.42 Å². The van der Waals surface area contributed by atoms with Crippen LogP contribution in [0.5, 0.6) is 0 Å². The topological polar surface area (TPSA) is 38.1 Å². The van der Waals surface area contributed by atoms with Crippen molar-refractivity contribution >= 4 is 11.8 Å². The molecule has 0 aliphatic heterocycles. The van der Waals surface area contributed by atoms with Crippen LogP contribution in [0, 0.1) is 6.92 Å². The van der Waals surface area contributed by atoms with Gasteiger partial charge >= 0.3 is 0 Å². The second kappa shape index (κ2) is 7.74. The van der Waals surface area contributed by atoms with Gasteiger partial charge in [-0.25, -0.2) is 4.98 Å². The lowest BCUT2D eigenvalue weighted by atomic mass is 10.1. The summed E-state index contributed by atoms with van der Waals surface area (Å²) >= 11 is 1.71. The summed E-state index contributed by atoms with van der Waals surface area (Å²) in [6, 6.07) is 0.638. The summed E-state index contributed by atoms with van der Waals surface area (Å²) in [7, 11) is 0. The van der Waals surface area contributed by atoms with Crippen molar-refractivity contribution in [1.29, 1.82) is 0 Å². The van der Waals surface area contributed by atoms with Gasteiger partial charge in [0.25, 0.3) is 5.22 Å². The Morgan fingerprint density at radius 1 is 1.50 bits per heavy atom. The number of oxazole rings is 1. The second-order valence-electron chi connectivity index (χ2n) is 4.06. The van der Waals surface area contributed by atoms with Gasteiger partial charge in [-0.1, -0.05) is 25.1 Å². The van der Waals surface area contributed by atoms with E-state index in [1.54, 1.807) is 18.0 Å². The number of nitrogens with zero attached hydrogens (tertiary/aromatic N) is 1. The highest BCUT2D eigenvalue weighted by Gasteiger charge is 2.02. The number of rotatable bonds is 8. The molecule has 0 fully saturated rings. The van der Waals surface area contributed by atoms with E-state index in [9.17, 15) is 0 Å². The van der Waals surface area contributed by atoms with Gasteiger partial charge in [0.1, 0.15) is 6.26 Å². The molecule has 0 saturated carbocycles. The van der Waals surface area contributed by atoms with Crippen molar-refractivity contribution in [3.63, 3.8) is 0 Å². The summed E-state index contributed by atoms with van der Waals surface area (Å²) in [4.78, 5) is 4.26. The number of aryl methyl sites for hydroxylation is 1. The smallest absolute Gasteiger partial charge is 0.255 e. The maximum absolute atomic E-state index is 5.27. The molecular formula is C12H22N2OS. The van der Waals surface area contributed by atoms with Crippen LogP contribution < -0.4 is 5.32 Å². The van der Waals surface area contributed by atoms with Crippen LogP contribution in [-0.4, -0.2) is 23.3 Å². The van der Waals surface area contributed by atoms with Gasteiger partial charge in [0, 0.05) is 11.8 Å². The third-order valence-electron chi connectivity index (χ3n) is 2.41. The Balaban J connectivity index is 2.00. The van der Waals surface area contributed by atoms with Crippen molar-refractivity contribution in [3.05, 3.63) is 12.0 Å². The molecule has 0 aromatic carbocycles. The molecule has 4 heteroatoms. The first-order valence-corrected chi connectivity index (χ1v) is 6.99. The monoisotopic (exact) mass is 242 g/mol. The summed E-state index contributed by atoms with van der Waals surface area (Å²) in [6.07, 6.45) is 5.44. The number of hydrogen-bond donors (Lipinski definition) is 1. The van der Waals surface area contributed by atoms with Gasteiger partial charge in [-0.15, -0.1) is 0 Å². The SMILES string of the molecule is CCNC(C)CCCCSc1nc(C)co1. The molecular weight excluding hydrogens is 220 g/mol. The average Bonchev–Trinajstić information content (AvgIpc) is 2.64. The number of unbranched alkanes of at least 4 members (excludes halogenated alkanes) is 1. The van der Waals surface area contributed by atoms with E-state index in [-0.39, 0.29) is 0 Å². The van der Waals surface area contributed by atoms with E-state index in [1.165, 1.54) is 19.3 Å². The molecule has 0 amide bonds. The van der Waals surface area contributed by atoms with Crippen LogP contribution in [0.15, 0.2) is 15.9 Å². The molecule has 0 bridgehead atoms. The molecule has 0 aliphatic carbocycles. The Morgan fingerprint density at radius 3 is 2.94 bits per heavy atom. The quantitative estimate of drug-likeness (QED) is 0.561. The van der Waals surface area contributed by atoms with Gasteiger partial charge in [-0.3, -0.25) is 0 Å². The van der Waals surface area contributed by atoms with Crippen molar-refractivity contribution in [2.24, 2.45) is 0 Å². The first-order valence-electron chi connectivity index (χ1n) is 6.00. The molecule has 1 heterocycles. The molecule has 1 N–H and O–H groups in total. The number of hydrogen-bond acceptors (Lipinski definition) is 4. The fourth-order valence-electron chi connectivity index (χ4n) is 1.56. The Kier molecular flexibility index (Phi) is 6.57. The lowest BCUT2D eigenvalue weighted by Crippen LogP contribution is -2.25. The molecule has 1 aromatic heterocycles. The molecule has 1 aromatic rings. The lowest BCUT2D eigenvalue weighted by Gasteiger charge is -2.10. The predicted octanol–water partition coefficient (Wildman–Crippen LogP) is 3.24. The molecule has 1 atom stereocenters. The van der Waals surface area contributed by atoms with Crippen LogP contribution in [0.2, 0.25) is 0 Å². The summed E-state index contributed by atoms with van der Waals surface area (Å²) in [6.45, 7) is 7.41.